The Hall–Kier alpha value is -0.880. The second-order valence-corrected chi connectivity index (χ2v) is 4.13. The lowest BCUT2D eigenvalue weighted by Crippen LogP contribution is -2.52. The van der Waals surface area contributed by atoms with E-state index in [-0.39, 0.29) is 0 Å². The summed E-state index contributed by atoms with van der Waals surface area (Å²) >= 11 is 0. The van der Waals surface area contributed by atoms with Gasteiger partial charge in [-0.2, -0.15) is 22.0 Å². The maximum atomic E-state index is 12.5. The molecule has 0 heterocycles. The van der Waals surface area contributed by atoms with E-state index in [0.29, 0.717) is 12.3 Å². The van der Waals surface area contributed by atoms with E-state index in [9.17, 15) is 26.7 Å². The Kier molecular flexibility index (Phi) is 6.02. The van der Waals surface area contributed by atoms with E-state index in [2.05, 4.69) is 0 Å². The molecule has 1 rings (SSSR count). The van der Waals surface area contributed by atoms with Crippen molar-refractivity contribution in [1.82, 2.24) is 5.32 Å². The largest absolute Gasteiger partial charge is 0.463 e. The van der Waals surface area contributed by atoms with Crippen molar-refractivity contribution in [2.45, 2.75) is 58.2 Å². The third-order valence-corrected chi connectivity index (χ3v) is 2.40. The molecule has 1 N–H and O–H groups in total. The minimum Gasteiger partial charge on any atom is -0.348 e. The highest BCUT2D eigenvalue weighted by molar-refractivity contribution is 5.84. The highest BCUT2D eigenvalue weighted by Gasteiger charge is 2.63. The van der Waals surface area contributed by atoms with Crippen LogP contribution in [0.1, 0.15) is 40.0 Å². The van der Waals surface area contributed by atoms with Gasteiger partial charge in [0.1, 0.15) is 0 Å². The molecule has 0 aromatic heterocycles. The number of carbonyl (C=O) groups excluding carboxylic acids is 1. The van der Waals surface area contributed by atoms with Crippen LogP contribution in [-0.2, 0) is 4.79 Å². The lowest BCUT2D eigenvalue weighted by atomic mass is 10.1. The fraction of sp³-hybridized carbons (Fsp3) is 0.909. The topological polar surface area (TPSA) is 29.1 Å². The number of nitrogens with one attached hydrogen (secondary N) is 1. The first-order chi connectivity index (χ1) is 8.14. The first-order valence-electron chi connectivity index (χ1n) is 5.90. The van der Waals surface area contributed by atoms with E-state index in [1.165, 1.54) is 6.92 Å². The molecule has 2 nitrogen and oxygen atoms in total. The molecule has 1 aliphatic rings. The van der Waals surface area contributed by atoms with Crippen LogP contribution in [0.3, 0.4) is 0 Å². The van der Waals surface area contributed by atoms with Gasteiger partial charge in [-0.25, -0.2) is 0 Å². The van der Waals surface area contributed by atoms with Gasteiger partial charge in [0, 0.05) is 6.04 Å². The summed E-state index contributed by atoms with van der Waals surface area (Å²) in [6.07, 6.45) is -3.51. The normalized spacial score (nSPS) is 17.6. The lowest BCUT2D eigenvalue weighted by molar-refractivity contribution is -0.270. The highest BCUT2D eigenvalue weighted by Crippen LogP contribution is 2.36. The van der Waals surface area contributed by atoms with Crippen molar-refractivity contribution in [3.63, 3.8) is 0 Å². The number of carbonyl (C=O) groups is 1. The minimum absolute atomic E-state index is 0.342. The monoisotopic (exact) mass is 275 g/mol. The standard InChI is InChI=1S/C9H12F5NO.C2H6/c1-5(4-6-2-3-6)15-7(16)8(10,11)9(12,13)14;1-2/h5-6H,2-4H2,1H3,(H,15,16);1-2H3. The summed E-state index contributed by atoms with van der Waals surface area (Å²) in [5, 5.41) is 1.69. The summed E-state index contributed by atoms with van der Waals surface area (Å²) < 4.78 is 60.4. The van der Waals surface area contributed by atoms with Crippen LogP contribution in [0.25, 0.3) is 0 Å². The Labute approximate surface area is 103 Å². The summed E-state index contributed by atoms with van der Waals surface area (Å²) in [7, 11) is 0. The van der Waals surface area contributed by atoms with Gasteiger partial charge in [0.15, 0.2) is 0 Å². The first-order valence-corrected chi connectivity index (χ1v) is 5.90. The molecule has 1 unspecified atom stereocenters. The SMILES string of the molecule is CC.CC(CC1CC1)NC(=O)C(F)(F)C(F)(F)F. The molecule has 1 atom stereocenters. The zero-order valence-electron chi connectivity index (χ0n) is 10.6. The van der Waals surface area contributed by atoms with Crippen LogP contribution in [0.15, 0.2) is 0 Å². The fourth-order valence-electron chi connectivity index (χ4n) is 1.36. The predicted octanol–water partition coefficient (Wildman–Crippen LogP) is 3.52. The van der Waals surface area contributed by atoms with Gasteiger partial charge in [0.2, 0.25) is 0 Å². The van der Waals surface area contributed by atoms with E-state index in [1.807, 2.05) is 13.8 Å². The van der Waals surface area contributed by atoms with Crippen LogP contribution in [0.5, 0.6) is 0 Å². The smallest absolute Gasteiger partial charge is 0.348 e. The Morgan fingerprint density at radius 1 is 1.22 bits per heavy atom. The Bertz CT molecular complexity index is 273. The van der Waals surface area contributed by atoms with Crippen molar-refractivity contribution >= 4 is 5.91 Å². The molecule has 0 radical (unpaired) electrons. The van der Waals surface area contributed by atoms with Crippen LogP contribution >= 0.6 is 0 Å². The third kappa shape index (κ3) is 4.78. The van der Waals surface area contributed by atoms with E-state index >= 15 is 0 Å². The number of rotatable bonds is 4. The molecule has 0 aromatic rings. The molecule has 0 spiro atoms. The summed E-state index contributed by atoms with van der Waals surface area (Å²) in [6.45, 7) is 5.42. The van der Waals surface area contributed by atoms with Gasteiger partial charge in [-0.05, 0) is 19.3 Å². The van der Waals surface area contributed by atoms with Gasteiger partial charge in [0.25, 0.3) is 0 Å². The molecule has 0 aliphatic heterocycles. The van der Waals surface area contributed by atoms with Crippen molar-refractivity contribution < 1.29 is 26.7 Å². The van der Waals surface area contributed by atoms with Gasteiger partial charge < -0.3 is 5.32 Å². The average Bonchev–Trinajstić information content (AvgIpc) is 3.02. The summed E-state index contributed by atoms with van der Waals surface area (Å²) in [4.78, 5) is 10.7. The van der Waals surface area contributed by atoms with Crippen LogP contribution in [0, 0.1) is 5.92 Å². The van der Waals surface area contributed by atoms with Crippen molar-refractivity contribution in [3.8, 4) is 0 Å². The summed E-state index contributed by atoms with van der Waals surface area (Å²) in [5.74, 6) is -7.24. The minimum atomic E-state index is -5.84. The number of hydrogen-bond donors (Lipinski definition) is 1. The Morgan fingerprint density at radius 2 is 1.67 bits per heavy atom. The molecule has 18 heavy (non-hydrogen) atoms. The highest BCUT2D eigenvalue weighted by atomic mass is 19.4. The van der Waals surface area contributed by atoms with E-state index in [4.69, 9.17) is 0 Å². The molecular weight excluding hydrogens is 257 g/mol. The molecule has 108 valence electrons. The van der Waals surface area contributed by atoms with Crippen molar-refractivity contribution in [3.05, 3.63) is 0 Å². The molecule has 1 aliphatic carbocycles. The molecule has 1 fully saturated rings. The van der Waals surface area contributed by atoms with Crippen LogP contribution in [0.4, 0.5) is 22.0 Å². The molecule has 0 aromatic carbocycles. The van der Waals surface area contributed by atoms with Gasteiger partial charge in [0.05, 0.1) is 0 Å². The van der Waals surface area contributed by atoms with Gasteiger partial charge >= 0.3 is 18.0 Å². The number of alkyl halides is 5. The van der Waals surface area contributed by atoms with Gasteiger partial charge in [-0.1, -0.05) is 26.7 Å². The van der Waals surface area contributed by atoms with E-state index in [1.54, 1.807) is 5.32 Å². The number of hydrogen-bond acceptors (Lipinski definition) is 1. The van der Waals surface area contributed by atoms with Crippen molar-refractivity contribution in [2.24, 2.45) is 5.92 Å². The van der Waals surface area contributed by atoms with Gasteiger partial charge in [-0.15, -0.1) is 0 Å². The van der Waals surface area contributed by atoms with Gasteiger partial charge in [-0.3, -0.25) is 4.79 Å². The van der Waals surface area contributed by atoms with Crippen molar-refractivity contribution in [2.75, 3.05) is 0 Å². The Morgan fingerprint density at radius 3 is 2.00 bits per heavy atom. The second kappa shape index (κ2) is 6.33. The zero-order valence-corrected chi connectivity index (χ0v) is 10.6. The van der Waals surface area contributed by atoms with E-state index in [0.717, 1.165) is 12.8 Å². The molecule has 0 bridgehead atoms. The average molecular weight is 275 g/mol. The first kappa shape index (κ1) is 17.1. The quantitative estimate of drug-likeness (QED) is 0.781. The molecule has 0 saturated heterocycles. The van der Waals surface area contributed by atoms with Crippen LogP contribution < -0.4 is 5.32 Å². The summed E-state index contributed by atoms with van der Waals surface area (Å²) in [5.41, 5.74) is 0. The number of halogens is 5. The van der Waals surface area contributed by atoms with E-state index < -0.39 is 24.0 Å². The maximum Gasteiger partial charge on any atom is 0.463 e. The summed E-state index contributed by atoms with van der Waals surface area (Å²) in [6, 6.07) is -0.659. The molecular formula is C11H18F5NO. The Balaban J connectivity index is 0.00000137. The third-order valence-electron chi connectivity index (χ3n) is 2.40. The number of amides is 1. The predicted molar refractivity (Wildman–Crippen MR) is 57.3 cm³/mol. The molecule has 7 heteroatoms. The van der Waals surface area contributed by atoms with Crippen molar-refractivity contribution in [1.29, 1.82) is 0 Å². The second-order valence-electron chi connectivity index (χ2n) is 4.13. The fourth-order valence-corrected chi connectivity index (χ4v) is 1.36. The van der Waals surface area contributed by atoms with Crippen LogP contribution in [-0.4, -0.2) is 24.0 Å². The van der Waals surface area contributed by atoms with Crippen LogP contribution in [0.2, 0.25) is 0 Å². The lowest BCUT2D eigenvalue weighted by Gasteiger charge is -2.21. The molecule has 1 amide bonds. The molecule has 1 saturated carbocycles. The maximum absolute atomic E-state index is 12.5. The zero-order chi connectivity index (χ0) is 14.6.